The number of hydrogen-bond donors (Lipinski definition) is 2. The normalized spacial score (nSPS) is 10.7. The molecule has 1 rings (SSSR count). The number of benzene rings is 1. The zero-order valence-electron chi connectivity index (χ0n) is 10.3. The molecule has 0 heterocycles. The molecule has 0 bridgehead atoms. The molecule has 0 spiro atoms. The summed E-state index contributed by atoms with van der Waals surface area (Å²) in [5, 5.41) is 2.73. The monoisotopic (exact) mass is 338 g/mol. The van der Waals surface area contributed by atoms with Crippen molar-refractivity contribution in [3.63, 3.8) is 0 Å². The predicted molar refractivity (Wildman–Crippen MR) is 76.3 cm³/mol. The fourth-order valence-electron chi connectivity index (χ4n) is 1.22. The summed E-state index contributed by atoms with van der Waals surface area (Å²) >= 11 is 3.08. The molecular weight excluding hydrogens is 322 g/mol. The molecule has 0 aliphatic carbocycles. The van der Waals surface area contributed by atoms with Crippen molar-refractivity contribution >= 4 is 34.2 Å². The van der Waals surface area contributed by atoms with Gasteiger partial charge in [0.15, 0.2) is 0 Å². The van der Waals surface area contributed by atoms with Gasteiger partial charge in [0.25, 0.3) is 0 Å². The fourth-order valence-corrected chi connectivity index (χ4v) is 1.65. The lowest BCUT2D eigenvalue weighted by molar-refractivity contribution is -0.120. The number of carbonyl (C=O) groups is 1. The zero-order valence-corrected chi connectivity index (χ0v) is 12.7. The lowest BCUT2D eigenvalue weighted by atomic mass is 10.1. The lowest BCUT2D eigenvalue weighted by Gasteiger charge is -2.18. The Bertz CT molecular complexity index is 421. The molecule has 3 nitrogen and oxygen atoms in total. The summed E-state index contributed by atoms with van der Waals surface area (Å²) in [6.45, 7) is 4.08. The molecule has 102 valence electrons. The Kier molecular flexibility index (Phi) is 6.81. The number of nitrogens with two attached hydrogens (primary N) is 1. The molecule has 1 amide bonds. The minimum Gasteiger partial charge on any atom is -0.354 e. The third kappa shape index (κ3) is 6.33. The average Bonchev–Trinajstić information content (AvgIpc) is 2.20. The van der Waals surface area contributed by atoms with Gasteiger partial charge in [-0.1, -0.05) is 6.07 Å². The Morgan fingerprint density at radius 1 is 1.50 bits per heavy atom. The van der Waals surface area contributed by atoms with Crippen molar-refractivity contribution in [3.05, 3.63) is 34.1 Å². The van der Waals surface area contributed by atoms with E-state index in [4.69, 9.17) is 5.73 Å². The highest BCUT2D eigenvalue weighted by atomic mass is 79.9. The van der Waals surface area contributed by atoms with Crippen LogP contribution in [0.15, 0.2) is 22.7 Å². The number of amides is 1. The van der Waals surface area contributed by atoms with Crippen LogP contribution in [0.3, 0.4) is 0 Å². The first-order valence-corrected chi connectivity index (χ1v) is 6.07. The minimum absolute atomic E-state index is 0. The number of nitrogens with one attached hydrogen (secondary N) is 1. The predicted octanol–water partition coefficient (Wildman–Crippen LogP) is 2.41. The number of halogens is 3. The summed E-state index contributed by atoms with van der Waals surface area (Å²) in [4.78, 5) is 11.6. The van der Waals surface area contributed by atoms with Gasteiger partial charge < -0.3 is 11.1 Å². The van der Waals surface area contributed by atoms with E-state index in [0.717, 1.165) is 5.56 Å². The van der Waals surface area contributed by atoms with Crippen LogP contribution < -0.4 is 11.1 Å². The van der Waals surface area contributed by atoms with E-state index in [1.165, 1.54) is 6.07 Å². The van der Waals surface area contributed by atoms with Gasteiger partial charge in [0.2, 0.25) is 5.91 Å². The van der Waals surface area contributed by atoms with E-state index >= 15 is 0 Å². The van der Waals surface area contributed by atoms with E-state index in [0.29, 0.717) is 11.0 Å². The van der Waals surface area contributed by atoms with Crippen LogP contribution in [0.25, 0.3) is 0 Å². The first kappa shape index (κ1) is 17.4. The van der Waals surface area contributed by atoms with E-state index in [1.807, 2.05) is 13.8 Å². The van der Waals surface area contributed by atoms with Crippen LogP contribution >= 0.6 is 28.3 Å². The van der Waals surface area contributed by atoms with Crippen molar-refractivity contribution in [2.45, 2.75) is 25.8 Å². The van der Waals surface area contributed by atoms with Gasteiger partial charge in [-0.3, -0.25) is 4.79 Å². The van der Waals surface area contributed by atoms with Crippen LogP contribution in [0.1, 0.15) is 19.4 Å². The van der Waals surface area contributed by atoms with Crippen LogP contribution in [-0.4, -0.2) is 18.0 Å². The maximum absolute atomic E-state index is 13.0. The van der Waals surface area contributed by atoms with Crippen LogP contribution in [0.2, 0.25) is 0 Å². The van der Waals surface area contributed by atoms with Gasteiger partial charge in [-0.15, -0.1) is 12.4 Å². The Labute approximate surface area is 121 Å². The molecule has 0 radical (unpaired) electrons. The molecule has 0 saturated heterocycles. The molecule has 0 aromatic heterocycles. The van der Waals surface area contributed by atoms with Gasteiger partial charge >= 0.3 is 0 Å². The molecule has 1 aromatic rings. The van der Waals surface area contributed by atoms with Crippen molar-refractivity contribution in [3.8, 4) is 0 Å². The summed E-state index contributed by atoms with van der Waals surface area (Å²) in [7, 11) is 0. The van der Waals surface area contributed by atoms with Gasteiger partial charge in [0, 0.05) is 12.1 Å². The van der Waals surface area contributed by atoms with E-state index < -0.39 is 5.54 Å². The third-order valence-electron chi connectivity index (χ3n) is 2.09. The van der Waals surface area contributed by atoms with E-state index in [2.05, 4.69) is 21.2 Å². The average molecular weight is 340 g/mol. The lowest BCUT2D eigenvalue weighted by Crippen LogP contribution is -2.45. The van der Waals surface area contributed by atoms with Crippen LogP contribution in [0, 0.1) is 5.82 Å². The fraction of sp³-hybridized carbons (Fsp3) is 0.417. The van der Waals surface area contributed by atoms with Gasteiger partial charge in [-0.25, -0.2) is 4.39 Å². The second kappa shape index (κ2) is 7.07. The molecule has 0 aliphatic rings. The van der Waals surface area contributed by atoms with Crippen molar-refractivity contribution < 1.29 is 9.18 Å². The first-order valence-electron chi connectivity index (χ1n) is 5.27. The van der Waals surface area contributed by atoms with Crippen LogP contribution in [0.4, 0.5) is 4.39 Å². The Balaban J connectivity index is 0.00000289. The number of carbonyl (C=O) groups excluding carboxylic acids is 1. The highest BCUT2D eigenvalue weighted by Gasteiger charge is 2.12. The van der Waals surface area contributed by atoms with Gasteiger partial charge in [0.05, 0.1) is 10.9 Å². The van der Waals surface area contributed by atoms with Crippen LogP contribution in [-0.2, 0) is 11.2 Å². The maximum Gasteiger partial charge on any atom is 0.224 e. The molecule has 0 atom stereocenters. The van der Waals surface area contributed by atoms with E-state index in [9.17, 15) is 9.18 Å². The second-order valence-corrected chi connectivity index (χ2v) is 5.54. The molecular formula is C12H17BrClFN2O. The number of rotatable bonds is 4. The Hall–Kier alpha value is -0.650. The first-order chi connectivity index (χ1) is 7.78. The summed E-state index contributed by atoms with van der Waals surface area (Å²) in [6, 6.07) is 4.52. The smallest absolute Gasteiger partial charge is 0.224 e. The largest absolute Gasteiger partial charge is 0.354 e. The van der Waals surface area contributed by atoms with Crippen LogP contribution in [0.5, 0.6) is 0 Å². The topological polar surface area (TPSA) is 55.1 Å². The number of hydrogen-bond acceptors (Lipinski definition) is 2. The quantitative estimate of drug-likeness (QED) is 0.885. The maximum atomic E-state index is 13.0. The van der Waals surface area contributed by atoms with Crippen molar-refractivity contribution in [1.29, 1.82) is 0 Å². The standard InChI is InChI=1S/C12H16BrFN2O.ClH/c1-12(2,15)7-16-11(17)6-8-3-4-10(14)9(13)5-8;/h3-5H,6-7,15H2,1-2H3,(H,16,17);1H. The van der Waals surface area contributed by atoms with Crippen molar-refractivity contribution in [2.75, 3.05) is 6.54 Å². The van der Waals surface area contributed by atoms with Gasteiger partial charge in [-0.2, -0.15) is 0 Å². The second-order valence-electron chi connectivity index (χ2n) is 4.69. The molecule has 0 aliphatic heterocycles. The SMILES string of the molecule is CC(C)(N)CNC(=O)Cc1ccc(F)c(Br)c1.Cl. The molecule has 1 aromatic carbocycles. The third-order valence-corrected chi connectivity index (χ3v) is 2.70. The Morgan fingerprint density at radius 2 is 2.11 bits per heavy atom. The summed E-state index contributed by atoms with van der Waals surface area (Å²) in [5.74, 6) is -0.459. The van der Waals surface area contributed by atoms with Gasteiger partial charge in [-0.05, 0) is 47.5 Å². The highest BCUT2D eigenvalue weighted by molar-refractivity contribution is 9.10. The minimum atomic E-state index is -0.432. The van der Waals surface area contributed by atoms with Crippen molar-refractivity contribution in [2.24, 2.45) is 5.73 Å². The molecule has 0 unspecified atom stereocenters. The molecule has 3 N–H and O–H groups in total. The Morgan fingerprint density at radius 3 is 2.61 bits per heavy atom. The molecule has 0 saturated carbocycles. The summed E-state index contributed by atoms with van der Waals surface area (Å²) in [6.07, 6.45) is 0.217. The van der Waals surface area contributed by atoms with E-state index in [-0.39, 0.29) is 30.6 Å². The summed E-state index contributed by atoms with van der Waals surface area (Å²) in [5.41, 5.74) is 6.07. The van der Waals surface area contributed by atoms with Crippen molar-refractivity contribution in [1.82, 2.24) is 5.32 Å². The zero-order chi connectivity index (χ0) is 13.1. The highest BCUT2D eigenvalue weighted by Crippen LogP contribution is 2.17. The molecule has 6 heteroatoms. The molecule has 0 fully saturated rings. The van der Waals surface area contributed by atoms with Gasteiger partial charge in [0.1, 0.15) is 5.82 Å². The molecule has 18 heavy (non-hydrogen) atoms. The van der Waals surface area contributed by atoms with E-state index in [1.54, 1.807) is 12.1 Å². The summed E-state index contributed by atoms with van der Waals surface area (Å²) < 4.78 is 13.3.